The van der Waals surface area contributed by atoms with Gasteiger partial charge in [-0.2, -0.15) is 0 Å². The molecule has 1 amide bonds. The fourth-order valence-electron chi connectivity index (χ4n) is 2.57. The van der Waals surface area contributed by atoms with E-state index in [-0.39, 0.29) is 12.1 Å². The molecule has 23 heavy (non-hydrogen) atoms. The van der Waals surface area contributed by atoms with Crippen molar-refractivity contribution in [1.29, 1.82) is 0 Å². The average Bonchev–Trinajstić information content (AvgIpc) is 3.11. The lowest BCUT2D eigenvalue weighted by Crippen LogP contribution is -2.46. The maximum atomic E-state index is 11.9. The lowest BCUT2D eigenvalue weighted by atomic mass is 10.0. The summed E-state index contributed by atoms with van der Waals surface area (Å²) in [6, 6.07) is 4.96. The van der Waals surface area contributed by atoms with E-state index in [1.54, 1.807) is 0 Å². The van der Waals surface area contributed by atoms with Crippen LogP contribution in [0.3, 0.4) is 0 Å². The smallest absolute Gasteiger partial charge is 0.407 e. The molecule has 4 nitrogen and oxygen atoms in total. The largest absolute Gasteiger partial charge is 0.444 e. The zero-order valence-corrected chi connectivity index (χ0v) is 15.7. The van der Waals surface area contributed by atoms with Crippen molar-refractivity contribution in [2.75, 3.05) is 6.54 Å². The number of ether oxygens (including phenoxy) is 1. The molecule has 2 N–H and O–H groups in total. The van der Waals surface area contributed by atoms with E-state index in [4.69, 9.17) is 4.74 Å². The summed E-state index contributed by atoms with van der Waals surface area (Å²) in [4.78, 5) is 13.3. The van der Waals surface area contributed by atoms with Gasteiger partial charge in [0, 0.05) is 23.5 Å². The molecule has 1 saturated carbocycles. The summed E-state index contributed by atoms with van der Waals surface area (Å²) < 4.78 is 5.33. The van der Waals surface area contributed by atoms with Gasteiger partial charge in [-0.05, 0) is 56.9 Å². The molecular weight excluding hydrogens is 308 g/mol. The summed E-state index contributed by atoms with van der Waals surface area (Å²) in [5, 5.41) is 8.82. The Kier molecular flexibility index (Phi) is 6.09. The molecule has 0 radical (unpaired) electrons. The second-order valence-corrected chi connectivity index (χ2v) is 8.71. The minimum atomic E-state index is -0.460. The summed E-state index contributed by atoms with van der Waals surface area (Å²) >= 11 is 1.81. The number of amides is 1. The van der Waals surface area contributed by atoms with Gasteiger partial charge in [0.05, 0.1) is 0 Å². The molecule has 1 fully saturated rings. The molecule has 2 rings (SSSR count). The maximum Gasteiger partial charge on any atom is 0.407 e. The normalized spacial score (nSPS) is 17.8. The van der Waals surface area contributed by atoms with Crippen LogP contribution in [-0.4, -0.2) is 24.3 Å². The van der Waals surface area contributed by atoms with Gasteiger partial charge in [-0.15, -0.1) is 11.3 Å². The zero-order valence-electron chi connectivity index (χ0n) is 14.9. The number of hydrogen-bond donors (Lipinski definition) is 2. The number of carbonyl (C=O) groups is 1. The van der Waals surface area contributed by atoms with E-state index in [1.807, 2.05) is 32.1 Å². The standard InChI is InChI=1S/C18H30N2O2S/c1-12(2)14(11-19-17(21)22-18(3,4)5)20-16(13-8-9-13)15-7-6-10-23-15/h6-7,10,12-14,16,20H,8-9,11H2,1-5H3,(H,19,21). The van der Waals surface area contributed by atoms with Gasteiger partial charge in [-0.3, -0.25) is 0 Å². The van der Waals surface area contributed by atoms with Crippen LogP contribution in [0.2, 0.25) is 0 Å². The molecule has 1 aliphatic carbocycles. The van der Waals surface area contributed by atoms with Crippen LogP contribution in [-0.2, 0) is 4.74 Å². The van der Waals surface area contributed by atoms with Gasteiger partial charge in [0.2, 0.25) is 0 Å². The first-order valence-corrected chi connectivity index (χ1v) is 9.40. The highest BCUT2D eigenvalue weighted by Gasteiger charge is 2.34. The Morgan fingerprint density at radius 2 is 2.09 bits per heavy atom. The highest BCUT2D eigenvalue weighted by atomic mass is 32.1. The van der Waals surface area contributed by atoms with Crippen molar-refractivity contribution in [2.45, 2.75) is 65.1 Å². The molecule has 0 spiro atoms. The van der Waals surface area contributed by atoms with Gasteiger partial charge in [-0.1, -0.05) is 19.9 Å². The minimum absolute atomic E-state index is 0.232. The second kappa shape index (κ2) is 7.67. The van der Waals surface area contributed by atoms with Gasteiger partial charge in [0.25, 0.3) is 0 Å². The van der Waals surface area contributed by atoms with Crippen molar-refractivity contribution in [3.8, 4) is 0 Å². The fourth-order valence-corrected chi connectivity index (χ4v) is 3.45. The Morgan fingerprint density at radius 1 is 1.39 bits per heavy atom. The summed E-state index contributed by atoms with van der Waals surface area (Å²) in [5.74, 6) is 1.17. The molecule has 1 aliphatic rings. The first-order valence-electron chi connectivity index (χ1n) is 8.52. The fraction of sp³-hybridized carbons (Fsp3) is 0.722. The molecule has 5 heteroatoms. The number of nitrogens with one attached hydrogen (secondary N) is 2. The Balaban J connectivity index is 1.91. The molecule has 0 aromatic carbocycles. The van der Waals surface area contributed by atoms with Crippen LogP contribution in [0.5, 0.6) is 0 Å². The third kappa shape index (κ3) is 6.15. The third-order valence-corrected chi connectivity index (χ3v) is 4.96. The summed E-state index contributed by atoms with van der Waals surface area (Å²) in [5.41, 5.74) is -0.460. The number of hydrogen-bond acceptors (Lipinski definition) is 4. The molecule has 2 unspecified atom stereocenters. The monoisotopic (exact) mass is 338 g/mol. The predicted octanol–water partition coefficient (Wildman–Crippen LogP) is 4.34. The van der Waals surface area contributed by atoms with Gasteiger partial charge in [0.1, 0.15) is 5.60 Å². The van der Waals surface area contributed by atoms with Crippen LogP contribution in [0.25, 0.3) is 0 Å². The predicted molar refractivity (Wildman–Crippen MR) is 95.8 cm³/mol. The Bertz CT molecular complexity index is 490. The lowest BCUT2D eigenvalue weighted by Gasteiger charge is -2.29. The highest BCUT2D eigenvalue weighted by molar-refractivity contribution is 7.10. The van der Waals surface area contributed by atoms with Crippen LogP contribution >= 0.6 is 11.3 Å². The first kappa shape index (κ1) is 18.3. The molecule has 0 bridgehead atoms. The average molecular weight is 339 g/mol. The molecule has 130 valence electrons. The van der Waals surface area contributed by atoms with E-state index in [0.717, 1.165) is 5.92 Å². The Hall–Kier alpha value is -1.07. The molecule has 1 aromatic rings. The number of carbonyl (C=O) groups excluding carboxylic acids is 1. The summed E-state index contributed by atoms with van der Waals surface area (Å²) in [6.45, 7) is 10.6. The quantitative estimate of drug-likeness (QED) is 0.777. The molecular formula is C18H30N2O2S. The first-order chi connectivity index (χ1) is 10.8. The van der Waals surface area contributed by atoms with Gasteiger partial charge >= 0.3 is 6.09 Å². The van der Waals surface area contributed by atoms with Crippen LogP contribution < -0.4 is 10.6 Å². The van der Waals surface area contributed by atoms with Crippen LogP contribution in [0.15, 0.2) is 17.5 Å². The molecule has 1 aromatic heterocycles. The van der Waals surface area contributed by atoms with Crippen molar-refractivity contribution in [2.24, 2.45) is 11.8 Å². The van der Waals surface area contributed by atoms with E-state index >= 15 is 0 Å². The van der Waals surface area contributed by atoms with Crippen molar-refractivity contribution in [3.05, 3.63) is 22.4 Å². The van der Waals surface area contributed by atoms with Gasteiger partial charge < -0.3 is 15.4 Å². The van der Waals surface area contributed by atoms with Gasteiger partial charge in [0.15, 0.2) is 0 Å². The topological polar surface area (TPSA) is 50.4 Å². The van der Waals surface area contributed by atoms with Gasteiger partial charge in [-0.25, -0.2) is 4.79 Å². The molecule has 1 heterocycles. The van der Waals surface area contributed by atoms with E-state index < -0.39 is 5.60 Å². The molecule has 0 aliphatic heterocycles. The second-order valence-electron chi connectivity index (χ2n) is 7.73. The molecule has 2 atom stereocenters. The molecule has 0 saturated heterocycles. The zero-order chi connectivity index (χ0) is 17.0. The van der Waals surface area contributed by atoms with Crippen molar-refractivity contribution < 1.29 is 9.53 Å². The van der Waals surface area contributed by atoms with Crippen molar-refractivity contribution in [1.82, 2.24) is 10.6 Å². The highest BCUT2D eigenvalue weighted by Crippen LogP contribution is 2.42. The van der Waals surface area contributed by atoms with E-state index in [1.165, 1.54) is 17.7 Å². The van der Waals surface area contributed by atoms with Crippen LogP contribution in [0.4, 0.5) is 4.79 Å². The summed E-state index contributed by atoms with van der Waals surface area (Å²) in [6.07, 6.45) is 2.24. The van der Waals surface area contributed by atoms with E-state index in [0.29, 0.717) is 18.5 Å². The SMILES string of the molecule is CC(C)C(CNC(=O)OC(C)(C)C)NC(c1cccs1)C1CC1. The van der Waals surface area contributed by atoms with E-state index in [2.05, 4.69) is 42.0 Å². The number of alkyl carbamates (subject to hydrolysis) is 1. The number of thiophene rings is 1. The maximum absolute atomic E-state index is 11.9. The summed E-state index contributed by atoms with van der Waals surface area (Å²) in [7, 11) is 0. The third-order valence-electron chi connectivity index (χ3n) is 4.01. The minimum Gasteiger partial charge on any atom is -0.444 e. The van der Waals surface area contributed by atoms with Crippen molar-refractivity contribution in [3.63, 3.8) is 0 Å². The van der Waals surface area contributed by atoms with Crippen LogP contribution in [0, 0.1) is 11.8 Å². The Morgan fingerprint density at radius 3 is 2.57 bits per heavy atom. The van der Waals surface area contributed by atoms with E-state index in [9.17, 15) is 4.79 Å². The lowest BCUT2D eigenvalue weighted by molar-refractivity contribution is 0.0518. The Labute approximate surface area is 144 Å². The van der Waals surface area contributed by atoms with Crippen LogP contribution in [0.1, 0.15) is 58.4 Å². The van der Waals surface area contributed by atoms with Crippen molar-refractivity contribution >= 4 is 17.4 Å². The number of rotatable bonds is 7.